The normalized spacial score (nSPS) is 24.3. The molecule has 0 radical (unpaired) electrons. The lowest BCUT2D eigenvalue weighted by molar-refractivity contribution is -0.276. The van der Waals surface area contributed by atoms with Crippen LogP contribution in [0.1, 0.15) is 53.4 Å². The van der Waals surface area contributed by atoms with E-state index in [1.165, 1.54) is 39.2 Å². The van der Waals surface area contributed by atoms with Crippen molar-refractivity contribution in [2.45, 2.75) is 50.0 Å². The fourth-order valence-electron chi connectivity index (χ4n) is 4.83. The van der Waals surface area contributed by atoms with Gasteiger partial charge in [-0.25, -0.2) is 4.39 Å². The Morgan fingerprint density at radius 3 is 2.58 bits per heavy atom. The standard InChI is InChI=1S/C22H22F4N2O3/c1-20(2)10-21(30,22(24,25)26)18(16-13(23)7-8-15(31-3)17(16)20)28-14-6-4-5-11-12(14)9-27-19(11)29/h4-8,18,28,30H,9-10H2,1-3H3,(H,27,29). The lowest BCUT2D eigenvalue weighted by Gasteiger charge is -2.49. The molecule has 5 nitrogen and oxygen atoms in total. The Morgan fingerprint density at radius 2 is 1.94 bits per heavy atom. The summed E-state index contributed by atoms with van der Waals surface area (Å²) in [4.78, 5) is 12.0. The van der Waals surface area contributed by atoms with Crippen molar-refractivity contribution in [2.75, 3.05) is 12.4 Å². The van der Waals surface area contributed by atoms with Crippen LogP contribution in [0.15, 0.2) is 30.3 Å². The van der Waals surface area contributed by atoms with Crippen molar-refractivity contribution in [3.8, 4) is 5.75 Å². The van der Waals surface area contributed by atoms with Crippen molar-refractivity contribution in [3.63, 3.8) is 0 Å². The summed E-state index contributed by atoms with van der Waals surface area (Å²) in [6, 6.07) is 5.13. The van der Waals surface area contributed by atoms with Crippen LogP contribution in [0.4, 0.5) is 23.2 Å². The first kappa shape index (κ1) is 21.4. The molecule has 3 N–H and O–H groups in total. The number of hydrogen-bond donors (Lipinski definition) is 3. The SMILES string of the molecule is COc1ccc(F)c2c1C(C)(C)CC(O)(C(F)(F)F)C2Nc1cccc2c1CNC2=O. The van der Waals surface area contributed by atoms with Crippen molar-refractivity contribution in [2.24, 2.45) is 0 Å². The van der Waals surface area contributed by atoms with Gasteiger partial charge in [-0.1, -0.05) is 19.9 Å². The first-order valence-corrected chi connectivity index (χ1v) is 9.73. The van der Waals surface area contributed by atoms with Crippen molar-refractivity contribution in [1.29, 1.82) is 0 Å². The van der Waals surface area contributed by atoms with Crippen LogP contribution in [-0.4, -0.2) is 29.9 Å². The Kier molecular flexibility index (Phi) is 4.73. The molecular weight excluding hydrogens is 416 g/mol. The molecule has 0 spiro atoms. The van der Waals surface area contributed by atoms with Gasteiger partial charge in [-0.3, -0.25) is 4.79 Å². The number of anilines is 1. The second kappa shape index (κ2) is 6.85. The average molecular weight is 438 g/mol. The number of nitrogens with one attached hydrogen (secondary N) is 2. The number of aliphatic hydroxyl groups is 1. The van der Waals surface area contributed by atoms with Gasteiger partial charge in [0.05, 0.1) is 13.2 Å². The Morgan fingerprint density at radius 1 is 1.23 bits per heavy atom. The minimum absolute atomic E-state index is 0.119. The number of halogens is 4. The summed E-state index contributed by atoms with van der Waals surface area (Å²) in [6.45, 7) is 3.15. The van der Waals surface area contributed by atoms with E-state index in [-0.39, 0.29) is 35.0 Å². The third-order valence-electron chi connectivity index (χ3n) is 6.17. The van der Waals surface area contributed by atoms with Gasteiger partial charge in [-0.2, -0.15) is 13.2 Å². The van der Waals surface area contributed by atoms with Gasteiger partial charge in [0.15, 0.2) is 5.60 Å². The van der Waals surface area contributed by atoms with E-state index in [9.17, 15) is 23.1 Å². The van der Waals surface area contributed by atoms with Crippen LogP contribution >= 0.6 is 0 Å². The molecule has 166 valence electrons. The predicted octanol–water partition coefficient (Wildman–Crippen LogP) is 4.21. The largest absolute Gasteiger partial charge is 0.496 e. The molecule has 2 atom stereocenters. The first-order chi connectivity index (χ1) is 14.4. The van der Waals surface area contributed by atoms with Crippen LogP contribution < -0.4 is 15.4 Å². The number of benzene rings is 2. The monoisotopic (exact) mass is 438 g/mol. The Labute approximate surface area is 176 Å². The molecule has 0 aromatic heterocycles. The fraction of sp³-hybridized carbons (Fsp3) is 0.409. The van der Waals surface area contributed by atoms with Gasteiger partial charge in [0.2, 0.25) is 0 Å². The summed E-state index contributed by atoms with van der Waals surface area (Å²) in [6.07, 6.45) is -5.76. The second-order valence-corrected chi connectivity index (χ2v) is 8.61. The highest BCUT2D eigenvalue weighted by atomic mass is 19.4. The highest BCUT2D eigenvalue weighted by Gasteiger charge is 2.65. The molecule has 1 aliphatic carbocycles. The number of rotatable bonds is 3. The first-order valence-electron chi connectivity index (χ1n) is 9.73. The van der Waals surface area contributed by atoms with E-state index < -0.39 is 35.5 Å². The van der Waals surface area contributed by atoms with Crippen molar-refractivity contribution in [1.82, 2.24) is 5.32 Å². The third kappa shape index (κ3) is 3.13. The minimum atomic E-state index is -5.05. The van der Waals surface area contributed by atoms with Crippen LogP contribution in [0.25, 0.3) is 0 Å². The van der Waals surface area contributed by atoms with E-state index in [1.807, 2.05) is 0 Å². The maximum absolute atomic E-state index is 15.1. The van der Waals surface area contributed by atoms with Crippen LogP contribution in [-0.2, 0) is 12.0 Å². The molecule has 31 heavy (non-hydrogen) atoms. The molecule has 4 rings (SSSR count). The molecule has 1 amide bonds. The summed E-state index contributed by atoms with van der Waals surface area (Å²) < 4.78 is 63.2. The molecule has 2 aromatic carbocycles. The minimum Gasteiger partial charge on any atom is -0.496 e. The van der Waals surface area contributed by atoms with E-state index in [0.29, 0.717) is 11.1 Å². The maximum atomic E-state index is 15.1. The summed E-state index contributed by atoms with van der Waals surface area (Å²) in [5.74, 6) is -0.985. The predicted molar refractivity (Wildman–Crippen MR) is 106 cm³/mol. The van der Waals surface area contributed by atoms with E-state index in [4.69, 9.17) is 4.74 Å². The van der Waals surface area contributed by atoms with Gasteiger partial charge in [-0.15, -0.1) is 0 Å². The number of methoxy groups -OCH3 is 1. The molecule has 2 unspecified atom stereocenters. The summed E-state index contributed by atoms with van der Waals surface area (Å²) in [5.41, 5.74) is -3.53. The van der Waals surface area contributed by atoms with Gasteiger partial charge in [0.25, 0.3) is 5.91 Å². The van der Waals surface area contributed by atoms with E-state index >= 15 is 4.39 Å². The van der Waals surface area contributed by atoms with E-state index in [1.54, 1.807) is 6.07 Å². The molecule has 0 saturated heterocycles. The molecule has 1 heterocycles. The quantitative estimate of drug-likeness (QED) is 0.628. The fourth-order valence-corrected chi connectivity index (χ4v) is 4.83. The maximum Gasteiger partial charge on any atom is 0.419 e. The number of fused-ring (bicyclic) bond motifs is 2. The number of carbonyl (C=O) groups excluding carboxylic acids is 1. The molecule has 0 bridgehead atoms. The smallest absolute Gasteiger partial charge is 0.419 e. The average Bonchev–Trinajstić information content (AvgIpc) is 3.06. The van der Waals surface area contributed by atoms with Gasteiger partial charge < -0.3 is 20.5 Å². The summed E-state index contributed by atoms with van der Waals surface area (Å²) in [7, 11) is 1.36. The third-order valence-corrected chi connectivity index (χ3v) is 6.17. The second-order valence-electron chi connectivity index (χ2n) is 8.61. The van der Waals surface area contributed by atoms with Crippen LogP contribution in [0.2, 0.25) is 0 Å². The lowest BCUT2D eigenvalue weighted by Crippen LogP contribution is -2.58. The number of carbonyl (C=O) groups is 1. The van der Waals surface area contributed by atoms with Crippen LogP contribution in [0.5, 0.6) is 5.75 Å². The number of ether oxygens (including phenoxy) is 1. The number of amides is 1. The Bertz CT molecular complexity index is 1070. The Balaban J connectivity index is 1.96. The molecule has 2 aliphatic rings. The highest BCUT2D eigenvalue weighted by molar-refractivity contribution is 6.00. The highest BCUT2D eigenvalue weighted by Crippen LogP contribution is 2.57. The van der Waals surface area contributed by atoms with Gasteiger partial charge in [0.1, 0.15) is 11.6 Å². The summed E-state index contributed by atoms with van der Waals surface area (Å²) in [5, 5.41) is 16.4. The molecule has 9 heteroatoms. The zero-order valence-electron chi connectivity index (χ0n) is 17.2. The number of hydrogen-bond acceptors (Lipinski definition) is 4. The lowest BCUT2D eigenvalue weighted by atomic mass is 9.63. The molecular formula is C22H22F4N2O3. The molecule has 0 saturated carbocycles. The summed E-state index contributed by atoms with van der Waals surface area (Å²) >= 11 is 0. The zero-order valence-corrected chi connectivity index (χ0v) is 17.2. The Hall–Kier alpha value is -2.81. The molecule has 1 aliphatic heterocycles. The van der Waals surface area contributed by atoms with Gasteiger partial charge >= 0.3 is 6.18 Å². The van der Waals surface area contributed by atoms with E-state index in [2.05, 4.69) is 10.6 Å². The van der Waals surface area contributed by atoms with E-state index in [0.717, 1.165) is 6.07 Å². The molecule has 2 aromatic rings. The van der Waals surface area contributed by atoms with Crippen molar-refractivity contribution in [3.05, 3.63) is 58.4 Å². The van der Waals surface area contributed by atoms with Gasteiger partial charge in [0, 0.05) is 34.5 Å². The van der Waals surface area contributed by atoms with Crippen molar-refractivity contribution < 1.29 is 32.2 Å². The topological polar surface area (TPSA) is 70.6 Å². The molecule has 0 fully saturated rings. The van der Waals surface area contributed by atoms with Crippen molar-refractivity contribution >= 4 is 11.6 Å². The van der Waals surface area contributed by atoms with Gasteiger partial charge in [-0.05, 0) is 36.1 Å². The number of alkyl halides is 3. The van der Waals surface area contributed by atoms with Crippen LogP contribution in [0, 0.1) is 5.82 Å². The van der Waals surface area contributed by atoms with Crippen LogP contribution in [0.3, 0.4) is 0 Å². The zero-order chi connectivity index (χ0) is 22.8.